The van der Waals surface area contributed by atoms with E-state index in [4.69, 9.17) is 0 Å². The van der Waals surface area contributed by atoms with Crippen LogP contribution in [0.25, 0.3) is 0 Å². The Morgan fingerprint density at radius 3 is 3.30 bits per heavy atom. The van der Waals surface area contributed by atoms with Gasteiger partial charge in [-0.15, -0.1) is 11.3 Å². The first-order chi connectivity index (χ1) is 9.74. The molecule has 1 aliphatic carbocycles. The van der Waals surface area contributed by atoms with Gasteiger partial charge in [-0.05, 0) is 30.7 Å². The van der Waals surface area contributed by atoms with E-state index in [-0.39, 0.29) is 5.91 Å². The lowest BCUT2D eigenvalue weighted by molar-refractivity contribution is 0.0953. The number of H-pyrrole nitrogens is 1. The van der Waals surface area contributed by atoms with Crippen LogP contribution in [0.2, 0.25) is 0 Å². The van der Waals surface area contributed by atoms with E-state index in [2.05, 4.69) is 27.4 Å². The largest absolute Gasteiger partial charge is 0.352 e. The Labute approximate surface area is 121 Å². The Morgan fingerprint density at radius 1 is 1.60 bits per heavy atom. The molecule has 2 aromatic heterocycles. The van der Waals surface area contributed by atoms with Crippen molar-refractivity contribution in [3.63, 3.8) is 0 Å². The van der Waals surface area contributed by atoms with Crippen molar-refractivity contribution in [1.82, 2.24) is 20.5 Å². The number of fused-ring (bicyclic) bond motifs is 1. The van der Waals surface area contributed by atoms with Crippen molar-refractivity contribution in [2.24, 2.45) is 5.92 Å². The third-order valence-corrected chi connectivity index (χ3v) is 4.81. The average Bonchev–Trinajstić information content (AvgIpc) is 3.07. The van der Waals surface area contributed by atoms with Gasteiger partial charge in [-0.2, -0.15) is 5.10 Å². The van der Waals surface area contributed by atoms with Crippen LogP contribution in [0.4, 0.5) is 0 Å². The Morgan fingerprint density at radius 2 is 2.50 bits per heavy atom. The van der Waals surface area contributed by atoms with Crippen molar-refractivity contribution in [2.45, 2.75) is 32.6 Å². The smallest absolute Gasteiger partial charge is 0.252 e. The van der Waals surface area contributed by atoms with E-state index in [1.54, 1.807) is 11.3 Å². The van der Waals surface area contributed by atoms with Crippen molar-refractivity contribution >= 4 is 17.2 Å². The number of hydrogen-bond donors (Lipinski definition) is 2. The first kappa shape index (κ1) is 13.3. The molecule has 1 atom stereocenters. The molecular weight excluding hydrogens is 272 g/mol. The van der Waals surface area contributed by atoms with Gasteiger partial charge in [0.2, 0.25) is 0 Å². The van der Waals surface area contributed by atoms with Crippen LogP contribution in [-0.2, 0) is 19.3 Å². The molecule has 0 aliphatic heterocycles. The van der Waals surface area contributed by atoms with Gasteiger partial charge in [-0.1, -0.05) is 6.92 Å². The maximum absolute atomic E-state index is 12.2. The van der Waals surface area contributed by atoms with E-state index in [9.17, 15) is 4.79 Å². The molecule has 0 bridgehead atoms. The second-order valence-corrected chi connectivity index (χ2v) is 6.30. The molecule has 0 aromatic carbocycles. The van der Waals surface area contributed by atoms with Crippen molar-refractivity contribution in [1.29, 1.82) is 0 Å². The molecule has 2 heterocycles. The van der Waals surface area contributed by atoms with Crippen molar-refractivity contribution in [3.05, 3.63) is 33.5 Å². The van der Waals surface area contributed by atoms with Gasteiger partial charge in [0, 0.05) is 23.2 Å². The number of carbonyl (C=O) groups is 1. The summed E-state index contributed by atoms with van der Waals surface area (Å²) in [6.07, 6.45) is 5.49. The number of carbonyl (C=O) groups excluding carboxylic acids is 1. The molecule has 6 heteroatoms. The van der Waals surface area contributed by atoms with E-state index in [1.165, 1.54) is 23.2 Å². The lowest BCUT2D eigenvalue weighted by Gasteiger charge is -2.18. The molecule has 1 aliphatic rings. The summed E-state index contributed by atoms with van der Waals surface area (Å²) >= 11 is 1.73. The van der Waals surface area contributed by atoms with Crippen LogP contribution in [0.3, 0.4) is 0 Å². The molecule has 5 nitrogen and oxygen atoms in total. The molecule has 0 fully saturated rings. The fraction of sp³-hybridized carbons (Fsp3) is 0.500. The topological polar surface area (TPSA) is 70.7 Å². The third kappa shape index (κ3) is 2.75. The van der Waals surface area contributed by atoms with Gasteiger partial charge in [0.1, 0.15) is 12.2 Å². The second kappa shape index (κ2) is 5.75. The summed E-state index contributed by atoms with van der Waals surface area (Å²) in [5, 5.41) is 11.5. The summed E-state index contributed by atoms with van der Waals surface area (Å²) in [7, 11) is 0. The van der Waals surface area contributed by atoms with Crippen LogP contribution in [0.1, 0.15) is 40.0 Å². The summed E-state index contributed by atoms with van der Waals surface area (Å²) in [6, 6.07) is 0. The van der Waals surface area contributed by atoms with E-state index in [0.29, 0.717) is 13.0 Å². The molecule has 2 N–H and O–H groups in total. The highest BCUT2D eigenvalue weighted by Crippen LogP contribution is 2.32. The number of rotatable bonds is 4. The van der Waals surface area contributed by atoms with Gasteiger partial charge in [0.15, 0.2) is 0 Å². The van der Waals surface area contributed by atoms with Gasteiger partial charge >= 0.3 is 0 Å². The number of nitrogens with zero attached hydrogens (tertiary/aromatic N) is 2. The Bertz CT molecular complexity index is 590. The molecule has 0 saturated carbocycles. The maximum Gasteiger partial charge on any atom is 0.252 e. The summed E-state index contributed by atoms with van der Waals surface area (Å²) in [4.78, 5) is 17.7. The number of hydrogen-bond acceptors (Lipinski definition) is 4. The normalized spacial score (nSPS) is 17.8. The number of aromatic amines is 1. The summed E-state index contributed by atoms with van der Waals surface area (Å²) in [5.74, 6) is 1.58. The number of nitrogens with one attached hydrogen (secondary N) is 2. The van der Waals surface area contributed by atoms with Crippen LogP contribution in [-0.4, -0.2) is 27.6 Å². The minimum absolute atomic E-state index is 0.0385. The maximum atomic E-state index is 12.2. The summed E-state index contributed by atoms with van der Waals surface area (Å²) in [5.41, 5.74) is 2.14. The zero-order valence-corrected chi connectivity index (χ0v) is 12.3. The highest BCUT2D eigenvalue weighted by Gasteiger charge is 2.22. The first-order valence-corrected chi connectivity index (χ1v) is 7.83. The summed E-state index contributed by atoms with van der Waals surface area (Å²) < 4.78 is 0. The van der Waals surface area contributed by atoms with Crippen LogP contribution in [0.5, 0.6) is 0 Å². The highest BCUT2D eigenvalue weighted by molar-refractivity contribution is 7.10. The van der Waals surface area contributed by atoms with E-state index in [0.717, 1.165) is 30.1 Å². The molecule has 0 spiro atoms. The van der Waals surface area contributed by atoms with Crippen LogP contribution in [0, 0.1) is 5.92 Å². The van der Waals surface area contributed by atoms with Gasteiger partial charge in [-0.25, -0.2) is 4.98 Å². The van der Waals surface area contributed by atoms with Crippen LogP contribution >= 0.6 is 11.3 Å². The summed E-state index contributed by atoms with van der Waals surface area (Å²) in [6.45, 7) is 2.86. The Hall–Kier alpha value is -1.69. The van der Waals surface area contributed by atoms with Gasteiger partial charge in [0.05, 0.1) is 5.56 Å². The Kier molecular flexibility index (Phi) is 3.82. The highest BCUT2D eigenvalue weighted by atomic mass is 32.1. The molecule has 1 amide bonds. The number of amides is 1. The Balaban J connectivity index is 1.60. The SMILES string of the molecule is CC1CCc2c(C(=O)NCCc3ncn[nH]3)csc2C1. The lowest BCUT2D eigenvalue weighted by atomic mass is 9.88. The molecule has 20 heavy (non-hydrogen) atoms. The number of aromatic nitrogens is 3. The van der Waals surface area contributed by atoms with Crippen LogP contribution in [0.15, 0.2) is 11.7 Å². The van der Waals surface area contributed by atoms with Gasteiger partial charge in [0.25, 0.3) is 5.91 Å². The van der Waals surface area contributed by atoms with E-state index >= 15 is 0 Å². The monoisotopic (exact) mass is 290 g/mol. The second-order valence-electron chi connectivity index (χ2n) is 5.34. The quantitative estimate of drug-likeness (QED) is 0.904. The zero-order valence-electron chi connectivity index (χ0n) is 11.5. The molecule has 106 valence electrons. The van der Waals surface area contributed by atoms with Crippen molar-refractivity contribution in [3.8, 4) is 0 Å². The fourth-order valence-corrected chi connectivity index (χ4v) is 3.85. The van der Waals surface area contributed by atoms with Gasteiger partial charge < -0.3 is 5.32 Å². The lowest BCUT2D eigenvalue weighted by Crippen LogP contribution is -2.27. The molecule has 0 radical (unpaired) electrons. The third-order valence-electron chi connectivity index (χ3n) is 3.76. The molecular formula is C14H18N4OS. The van der Waals surface area contributed by atoms with E-state index < -0.39 is 0 Å². The predicted octanol–water partition coefficient (Wildman–Crippen LogP) is 1.96. The average molecular weight is 290 g/mol. The number of thiophene rings is 1. The van der Waals surface area contributed by atoms with Gasteiger partial charge in [-0.3, -0.25) is 9.89 Å². The molecule has 2 aromatic rings. The molecule has 3 rings (SSSR count). The molecule has 0 saturated heterocycles. The minimum Gasteiger partial charge on any atom is -0.352 e. The zero-order chi connectivity index (χ0) is 13.9. The van der Waals surface area contributed by atoms with Crippen molar-refractivity contribution < 1.29 is 4.79 Å². The van der Waals surface area contributed by atoms with Crippen molar-refractivity contribution in [2.75, 3.05) is 6.54 Å². The fourth-order valence-electron chi connectivity index (χ4n) is 2.61. The molecule has 1 unspecified atom stereocenters. The van der Waals surface area contributed by atoms with Crippen LogP contribution < -0.4 is 5.32 Å². The van der Waals surface area contributed by atoms with E-state index in [1.807, 2.05) is 5.38 Å². The minimum atomic E-state index is 0.0385. The first-order valence-electron chi connectivity index (χ1n) is 6.95. The standard InChI is InChI=1S/C14H18N4OS/c1-9-2-3-10-11(7-20-12(10)6-9)14(19)15-5-4-13-16-8-17-18-13/h7-9H,2-6H2,1H3,(H,15,19)(H,16,17,18). The predicted molar refractivity (Wildman–Crippen MR) is 77.9 cm³/mol.